The van der Waals surface area contributed by atoms with Gasteiger partial charge < -0.3 is 9.47 Å². The van der Waals surface area contributed by atoms with Crippen molar-refractivity contribution in [1.82, 2.24) is 4.90 Å². The van der Waals surface area contributed by atoms with Crippen LogP contribution in [-0.2, 0) is 25.8 Å². The van der Waals surface area contributed by atoms with Gasteiger partial charge in [0.1, 0.15) is 0 Å². The number of ether oxygens (including phenoxy) is 2. The predicted molar refractivity (Wildman–Crippen MR) is 108 cm³/mol. The summed E-state index contributed by atoms with van der Waals surface area (Å²) >= 11 is 2.04. The second kappa shape index (κ2) is 6.58. The van der Waals surface area contributed by atoms with Crippen LogP contribution in [0.1, 0.15) is 53.3 Å². The number of benzene rings is 1. The van der Waals surface area contributed by atoms with Crippen molar-refractivity contribution in [3.05, 3.63) is 44.6 Å². The number of hydrogen-bond donors (Lipinski definition) is 0. The molecule has 1 atom stereocenters. The Kier molecular flexibility index (Phi) is 4.52. The van der Waals surface area contributed by atoms with Crippen LogP contribution in [-0.4, -0.2) is 25.7 Å². The van der Waals surface area contributed by atoms with Crippen LogP contribution in [0.2, 0.25) is 0 Å². The standard InChI is InChI=1S/C22H29NO2S/c1-22(2,3)12-15-11-16-18-10-14-6-7-19(24-4)21(25-5)17(14)13-23(18)9-8-20(16)26-15/h6-7,11,18H,8-10,12-13H2,1-5H3/t18-/m0/s1. The summed E-state index contributed by atoms with van der Waals surface area (Å²) in [5.74, 6) is 1.75. The number of methoxy groups -OCH3 is 2. The predicted octanol–water partition coefficient (Wildman–Crippen LogP) is 5.01. The topological polar surface area (TPSA) is 21.7 Å². The maximum absolute atomic E-state index is 5.69. The van der Waals surface area contributed by atoms with Crippen LogP contribution in [0, 0.1) is 5.41 Å². The third kappa shape index (κ3) is 3.14. The average molecular weight is 372 g/mol. The highest BCUT2D eigenvalue weighted by molar-refractivity contribution is 7.12. The molecule has 0 radical (unpaired) electrons. The van der Waals surface area contributed by atoms with Crippen LogP contribution in [0.15, 0.2) is 18.2 Å². The second-order valence-corrected chi connectivity index (χ2v) is 9.93. The molecule has 1 aromatic heterocycles. The van der Waals surface area contributed by atoms with E-state index in [4.69, 9.17) is 9.47 Å². The zero-order chi connectivity index (χ0) is 18.5. The first-order chi connectivity index (χ1) is 12.4. The van der Waals surface area contributed by atoms with Gasteiger partial charge in [0.15, 0.2) is 11.5 Å². The van der Waals surface area contributed by atoms with Gasteiger partial charge >= 0.3 is 0 Å². The molecule has 1 aromatic carbocycles. The van der Waals surface area contributed by atoms with Crippen molar-refractivity contribution in [2.45, 2.75) is 52.6 Å². The van der Waals surface area contributed by atoms with Crippen molar-refractivity contribution in [2.75, 3.05) is 20.8 Å². The molecule has 2 aliphatic heterocycles. The molecule has 26 heavy (non-hydrogen) atoms. The normalized spacial score (nSPS) is 19.5. The molecule has 140 valence electrons. The van der Waals surface area contributed by atoms with E-state index in [9.17, 15) is 0 Å². The van der Waals surface area contributed by atoms with E-state index in [1.54, 1.807) is 29.5 Å². The van der Waals surface area contributed by atoms with Gasteiger partial charge in [0.25, 0.3) is 0 Å². The van der Waals surface area contributed by atoms with Crippen LogP contribution in [0.5, 0.6) is 11.5 Å². The summed E-state index contributed by atoms with van der Waals surface area (Å²) < 4.78 is 11.2. The Morgan fingerprint density at radius 2 is 2.00 bits per heavy atom. The van der Waals surface area contributed by atoms with Gasteiger partial charge in [-0.25, -0.2) is 0 Å². The molecule has 0 bridgehead atoms. The lowest BCUT2D eigenvalue weighted by Gasteiger charge is -2.40. The van der Waals surface area contributed by atoms with Crippen LogP contribution >= 0.6 is 11.3 Å². The Bertz CT molecular complexity index is 818. The third-order valence-electron chi connectivity index (χ3n) is 5.54. The molecule has 4 heteroatoms. The van der Waals surface area contributed by atoms with Crippen molar-refractivity contribution >= 4 is 11.3 Å². The molecule has 0 saturated heterocycles. The fourth-order valence-electron chi connectivity index (χ4n) is 4.42. The van der Waals surface area contributed by atoms with Gasteiger partial charge in [-0.1, -0.05) is 26.8 Å². The molecule has 2 aliphatic rings. The Hall–Kier alpha value is -1.52. The van der Waals surface area contributed by atoms with Crippen LogP contribution < -0.4 is 9.47 Å². The highest BCUT2D eigenvalue weighted by Gasteiger charge is 2.35. The summed E-state index contributed by atoms with van der Waals surface area (Å²) in [6.45, 7) is 9.06. The minimum atomic E-state index is 0.343. The number of thiophene rings is 1. The van der Waals surface area contributed by atoms with Gasteiger partial charge in [0.05, 0.1) is 14.2 Å². The molecule has 0 spiro atoms. The summed E-state index contributed by atoms with van der Waals surface area (Å²) in [6.07, 6.45) is 3.40. The lowest BCUT2D eigenvalue weighted by molar-refractivity contribution is 0.159. The van der Waals surface area contributed by atoms with Gasteiger partial charge in [-0.3, -0.25) is 4.90 Å². The number of fused-ring (bicyclic) bond motifs is 4. The van der Waals surface area contributed by atoms with Gasteiger partial charge in [-0.05, 0) is 47.9 Å². The molecular weight excluding hydrogens is 342 g/mol. The Labute approximate surface area is 160 Å². The van der Waals surface area contributed by atoms with Gasteiger partial charge in [-0.15, -0.1) is 11.3 Å². The number of nitrogens with zero attached hydrogens (tertiary/aromatic N) is 1. The molecule has 4 rings (SSSR count). The van der Waals surface area contributed by atoms with Crippen molar-refractivity contribution < 1.29 is 9.47 Å². The van der Waals surface area contributed by atoms with Crippen LogP contribution in [0.3, 0.4) is 0 Å². The van der Waals surface area contributed by atoms with Gasteiger partial charge in [-0.2, -0.15) is 0 Å². The monoisotopic (exact) mass is 371 g/mol. The fraction of sp³-hybridized carbons (Fsp3) is 0.545. The zero-order valence-electron chi connectivity index (χ0n) is 16.5. The van der Waals surface area contributed by atoms with E-state index in [2.05, 4.69) is 43.9 Å². The summed E-state index contributed by atoms with van der Waals surface area (Å²) in [5.41, 5.74) is 4.62. The van der Waals surface area contributed by atoms with E-state index in [-0.39, 0.29) is 0 Å². The molecule has 0 unspecified atom stereocenters. The average Bonchev–Trinajstić information content (AvgIpc) is 2.99. The molecule has 3 heterocycles. The first-order valence-corrected chi connectivity index (χ1v) is 10.3. The molecule has 0 N–H and O–H groups in total. The highest BCUT2D eigenvalue weighted by atomic mass is 32.1. The maximum Gasteiger partial charge on any atom is 0.165 e. The van der Waals surface area contributed by atoms with Crippen LogP contribution in [0.4, 0.5) is 0 Å². The molecule has 3 nitrogen and oxygen atoms in total. The maximum atomic E-state index is 5.69. The SMILES string of the molecule is COc1ccc2c(c1OC)CN1CCc3sc(CC(C)(C)C)cc3[C@@H]1C2. The van der Waals surface area contributed by atoms with E-state index in [0.717, 1.165) is 31.0 Å². The van der Waals surface area contributed by atoms with E-state index < -0.39 is 0 Å². The molecule has 0 saturated carbocycles. The molecule has 0 amide bonds. The van der Waals surface area contributed by atoms with E-state index >= 15 is 0 Å². The molecule has 2 aromatic rings. The quantitative estimate of drug-likeness (QED) is 0.757. The van der Waals surface area contributed by atoms with Crippen molar-refractivity contribution in [3.63, 3.8) is 0 Å². The zero-order valence-corrected chi connectivity index (χ0v) is 17.3. The van der Waals surface area contributed by atoms with E-state index in [1.165, 1.54) is 24.0 Å². The second-order valence-electron chi connectivity index (χ2n) is 8.71. The molecule has 0 aliphatic carbocycles. The van der Waals surface area contributed by atoms with Crippen molar-refractivity contribution in [3.8, 4) is 11.5 Å². The number of hydrogen-bond acceptors (Lipinski definition) is 4. The van der Waals surface area contributed by atoms with Gasteiger partial charge in [0.2, 0.25) is 0 Å². The first kappa shape index (κ1) is 17.9. The van der Waals surface area contributed by atoms with Crippen molar-refractivity contribution in [2.24, 2.45) is 5.41 Å². The molecule has 0 fully saturated rings. The smallest absolute Gasteiger partial charge is 0.165 e. The van der Waals surface area contributed by atoms with Crippen molar-refractivity contribution in [1.29, 1.82) is 0 Å². The van der Waals surface area contributed by atoms with Gasteiger partial charge in [0, 0.05) is 34.4 Å². The summed E-state index contributed by atoms with van der Waals surface area (Å²) in [4.78, 5) is 5.78. The summed E-state index contributed by atoms with van der Waals surface area (Å²) in [6, 6.07) is 7.28. The third-order valence-corrected chi connectivity index (χ3v) is 6.75. The minimum Gasteiger partial charge on any atom is -0.493 e. The van der Waals surface area contributed by atoms with E-state index in [1.807, 2.05) is 11.3 Å². The lowest BCUT2D eigenvalue weighted by Crippen LogP contribution is -2.38. The Morgan fingerprint density at radius 1 is 1.19 bits per heavy atom. The Morgan fingerprint density at radius 3 is 2.69 bits per heavy atom. The van der Waals surface area contributed by atoms with E-state index in [0.29, 0.717) is 11.5 Å². The summed E-state index contributed by atoms with van der Waals surface area (Å²) in [7, 11) is 3.46. The largest absolute Gasteiger partial charge is 0.493 e. The highest BCUT2D eigenvalue weighted by Crippen LogP contribution is 2.45. The number of rotatable bonds is 3. The Balaban J connectivity index is 1.68. The molecular formula is C22H29NO2S. The van der Waals surface area contributed by atoms with Crippen LogP contribution in [0.25, 0.3) is 0 Å². The first-order valence-electron chi connectivity index (χ1n) is 9.48. The summed E-state index contributed by atoms with van der Waals surface area (Å²) in [5, 5.41) is 0. The fourth-order valence-corrected chi connectivity index (χ4v) is 5.94. The minimum absolute atomic E-state index is 0.343. The lowest BCUT2D eigenvalue weighted by atomic mass is 9.86.